The van der Waals surface area contributed by atoms with E-state index in [-0.39, 0.29) is 18.9 Å². The Morgan fingerprint density at radius 1 is 1.29 bits per heavy atom. The van der Waals surface area contributed by atoms with Gasteiger partial charge in [0.05, 0.1) is 12.5 Å². The summed E-state index contributed by atoms with van der Waals surface area (Å²) in [6.45, 7) is 2.23. The van der Waals surface area contributed by atoms with Crippen LogP contribution in [0, 0.1) is 5.92 Å². The molecule has 0 bridgehead atoms. The van der Waals surface area contributed by atoms with E-state index in [4.69, 9.17) is 0 Å². The van der Waals surface area contributed by atoms with Gasteiger partial charge in [0.2, 0.25) is 5.91 Å². The van der Waals surface area contributed by atoms with Crippen molar-refractivity contribution in [3.05, 3.63) is 0 Å². The van der Waals surface area contributed by atoms with Gasteiger partial charge < -0.3 is 10.6 Å². The molecular formula is C11H19F3N2O. The van der Waals surface area contributed by atoms with Gasteiger partial charge in [-0.25, -0.2) is 0 Å². The molecule has 3 nitrogen and oxygen atoms in total. The smallest absolute Gasteiger partial charge is 0.355 e. The maximum Gasteiger partial charge on any atom is 0.393 e. The first-order valence-electron chi connectivity index (χ1n) is 6.02. The number of alkyl halides is 3. The number of hydrogen-bond acceptors (Lipinski definition) is 2. The topological polar surface area (TPSA) is 41.1 Å². The quantitative estimate of drug-likeness (QED) is 0.801. The largest absolute Gasteiger partial charge is 0.393 e. The number of likely N-dealkylation sites (N-methyl/N-ethyl adjacent to an activating group) is 1. The fourth-order valence-corrected chi connectivity index (χ4v) is 2.25. The average molecular weight is 252 g/mol. The first-order valence-corrected chi connectivity index (χ1v) is 6.02. The van der Waals surface area contributed by atoms with E-state index in [0.717, 1.165) is 6.42 Å². The maximum atomic E-state index is 12.7. The molecule has 2 unspecified atom stereocenters. The maximum absolute atomic E-state index is 12.7. The second kappa shape index (κ2) is 6.23. The lowest BCUT2D eigenvalue weighted by Gasteiger charge is -2.33. The van der Waals surface area contributed by atoms with Crippen molar-refractivity contribution in [1.29, 1.82) is 0 Å². The van der Waals surface area contributed by atoms with Crippen molar-refractivity contribution >= 4 is 5.91 Å². The molecule has 1 amide bonds. The molecule has 1 rings (SSSR count). The van der Waals surface area contributed by atoms with E-state index in [2.05, 4.69) is 10.6 Å². The Bertz CT molecular complexity index is 256. The molecule has 0 radical (unpaired) electrons. The molecule has 0 saturated heterocycles. The van der Waals surface area contributed by atoms with Crippen LogP contribution in [0.1, 0.15) is 32.6 Å². The highest BCUT2D eigenvalue weighted by Gasteiger charge is 2.45. The third-order valence-electron chi connectivity index (χ3n) is 3.09. The molecule has 0 aromatic heterocycles. The van der Waals surface area contributed by atoms with E-state index in [1.54, 1.807) is 6.92 Å². The fourth-order valence-electron chi connectivity index (χ4n) is 2.25. The predicted octanol–water partition coefficient (Wildman–Crippen LogP) is 1.83. The summed E-state index contributed by atoms with van der Waals surface area (Å²) in [6, 6.07) is -0.619. The molecular weight excluding hydrogens is 233 g/mol. The SMILES string of the molecule is CCNC(=O)CNC1CCCCC1C(F)(F)F. The monoisotopic (exact) mass is 252 g/mol. The molecule has 17 heavy (non-hydrogen) atoms. The number of rotatable bonds is 4. The summed E-state index contributed by atoms with van der Waals surface area (Å²) in [6.07, 6.45) is -2.11. The van der Waals surface area contributed by atoms with Crippen molar-refractivity contribution in [1.82, 2.24) is 10.6 Å². The van der Waals surface area contributed by atoms with Crippen molar-refractivity contribution in [2.75, 3.05) is 13.1 Å². The summed E-state index contributed by atoms with van der Waals surface area (Å²) >= 11 is 0. The Labute approximate surface area is 99.1 Å². The van der Waals surface area contributed by atoms with Crippen LogP contribution in [0.2, 0.25) is 0 Å². The minimum absolute atomic E-state index is 0.0366. The van der Waals surface area contributed by atoms with Crippen LogP contribution >= 0.6 is 0 Å². The summed E-state index contributed by atoms with van der Waals surface area (Å²) in [5.74, 6) is -1.57. The average Bonchev–Trinajstić information content (AvgIpc) is 2.26. The lowest BCUT2D eigenvalue weighted by Crippen LogP contribution is -2.48. The summed E-state index contributed by atoms with van der Waals surface area (Å²) < 4.78 is 38.2. The molecule has 2 N–H and O–H groups in total. The van der Waals surface area contributed by atoms with Crippen LogP contribution in [0.3, 0.4) is 0 Å². The molecule has 1 aliphatic carbocycles. The van der Waals surface area contributed by atoms with Crippen molar-refractivity contribution in [3.8, 4) is 0 Å². The van der Waals surface area contributed by atoms with Gasteiger partial charge in [0.15, 0.2) is 0 Å². The van der Waals surface area contributed by atoms with Crippen LogP contribution in [-0.4, -0.2) is 31.2 Å². The number of carbonyl (C=O) groups is 1. The molecule has 0 aromatic rings. The fraction of sp³-hybridized carbons (Fsp3) is 0.909. The zero-order valence-electron chi connectivity index (χ0n) is 9.94. The minimum Gasteiger partial charge on any atom is -0.355 e. The number of halogens is 3. The molecule has 0 spiro atoms. The van der Waals surface area contributed by atoms with E-state index >= 15 is 0 Å². The number of carbonyl (C=O) groups excluding carboxylic acids is 1. The molecule has 0 heterocycles. The Morgan fingerprint density at radius 3 is 2.53 bits per heavy atom. The molecule has 0 aromatic carbocycles. The Hall–Kier alpha value is -0.780. The first-order chi connectivity index (χ1) is 7.95. The van der Waals surface area contributed by atoms with Gasteiger partial charge in [-0.05, 0) is 19.8 Å². The third kappa shape index (κ3) is 4.53. The van der Waals surface area contributed by atoms with Gasteiger partial charge in [0.25, 0.3) is 0 Å². The van der Waals surface area contributed by atoms with Gasteiger partial charge in [-0.15, -0.1) is 0 Å². The van der Waals surface area contributed by atoms with Crippen molar-refractivity contribution in [2.24, 2.45) is 5.92 Å². The summed E-state index contributed by atoms with van der Waals surface area (Å²) in [5, 5.41) is 5.29. The number of amides is 1. The van der Waals surface area contributed by atoms with Crippen LogP contribution < -0.4 is 10.6 Å². The molecule has 1 saturated carbocycles. The zero-order chi connectivity index (χ0) is 12.9. The molecule has 100 valence electrons. The van der Waals surface area contributed by atoms with Gasteiger partial charge in [-0.2, -0.15) is 13.2 Å². The van der Waals surface area contributed by atoms with Crippen molar-refractivity contribution in [3.63, 3.8) is 0 Å². The Kier molecular flexibility index (Phi) is 5.24. The number of hydrogen-bond donors (Lipinski definition) is 2. The Balaban J connectivity index is 2.46. The second-order valence-corrected chi connectivity index (χ2v) is 4.37. The van der Waals surface area contributed by atoms with Crippen LogP contribution in [0.4, 0.5) is 13.2 Å². The van der Waals surface area contributed by atoms with Crippen LogP contribution in [0.5, 0.6) is 0 Å². The van der Waals surface area contributed by atoms with E-state index in [9.17, 15) is 18.0 Å². The van der Waals surface area contributed by atoms with Crippen LogP contribution in [0.25, 0.3) is 0 Å². The Morgan fingerprint density at radius 2 is 1.94 bits per heavy atom. The highest BCUT2D eigenvalue weighted by Crippen LogP contribution is 2.37. The van der Waals surface area contributed by atoms with Crippen LogP contribution in [-0.2, 0) is 4.79 Å². The molecule has 0 aliphatic heterocycles. The van der Waals surface area contributed by atoms with E-state index in [1.165, 1.54) is 0 Å². The van der Waals surface area contributed by atoms with Gasteiger partial charge >= 0.3 is 6.18 Å². The normalized spacial score (nSPS) is 25.6. The first kappa shape index (κ1) is 14.3. The van der Waals surface area contributed by atoms with E-state index in [1.807, 2.05) is 0 Å². The van der Waals surface area contributed by atoms with Crippen molar-refractivity contribution < 1.29 is 18.0 Å². The van der Waals surface area contributed by atoms with Crippen LogP contribution in [0.15, 0.2) is 0 Å². The van der Waals surface area contributed by atoms with Crippen molar-refractivity contribution in [2.45, 2.75) is 44.8 Å². The predicted molar refractivity (Wildman–Crippen MR) is 58.5 cm³/mol. The molecule has 1 fully saturated rings. The molecule has 2 atom stereocenters. The third-order valence-corrected chi connectivity index (χ3v) is 3.09. The lowest BCUT2D eigenvalue weighted by atomic mass is 9.84. The highest BCUT2D eigenvalue weighted by molar-refractivity contribution is 5.77. The van der Waals surface area contributed by atoms with Gasteiger partial charge in [0, 0.05) is 12.6 Å². The van der Waals surface area contributed by atoms with Gasteiger partial charge in [-0.3, -0.25) is 4.79 Å². The summed E-state index contributed by atoms with van der Waals surface area (Å²) in [4.78, 5) is 11.2. The summed E-state index contributed by atoms with van der Waals surface area (Å²) in [5.41, 5.74) is 0. The highest BCUT2D eigenvalue weighted by atomic mass is 19.4. The second-order valence-electron chi connectivity index (χ2n) is 4.37. The van der Waals surface area contributed by atoms with Gasteiger partial charge in [0.1, 0.15) is 0 Å². The molecule has 6 heteroatoms. The standard InChI is InChI=1S/C11H19F3N2O/c1-2-15-10(17)7-16-9-6-4-3-5-8(9)11(12,13)14/h8-9,16H,2-7H2,1H3,(H,15,17). The minimum atomic E-state index is -4.17. The zero-order valence-corrected chi connectivity index (χ0v) is 9.94. The van der Waals surface area contributed by atoms with Gasteiger partial charge in [-0.1, -0.05) is 12.8 Å². The van der Waals surface area contributed by atoms with E-state index in [0.29, 0.717) is 19.4 Å². The molecule has 1 aliphatic rings. The summed E-state index contributed by atoms with van der Waals surface area (Å²) in [7, 11) is 0. The number of nitrogens with one attached hydrogen (secondary N) is 2. The van der Waals surface area contributed by atoms with E-state index < -0.39 is 18.1 Å². The lowest BCUT2D eigenvalue weighted by molar-refractivity contribution is -0.189.